The van der Waals surface area contributed by atoms with Crippen LogP contribution in [0.1, 0.15) is 74.8 Å². The lowest BCUT2D eigenvalue weighted by Gasteiger charge is -2.39. The summed E-state index contributed by atoms with van der Waals surface area (Å²) in [6.07, 6.45) is 3.49. The number of aliphatic hydroxyl groups excluding tert-OH is 1. The number of benzene rings is 1. The predicted octanol–water partition coefficient (Wildman–Crippen LogP) is 3.88. The predicted molar refractivity (Wildman–Crippen MR) is 136 cm³/mol. The molecule has 1 aliphatic carbocycles. The quantitative estimate of drug-likeness (QED) is 0.606. The van der Waals surface area contributed by atoms with E-state index in [1.165, 1.54) is 12.4 Å². The van der Waals surface area contributed by atoms with Crippen LogP contribution in [0.5, 0.6) is 0 Å². The number of aromatic nitrogens is 2. The van der Waals surface area contributed by atoms with Crippen molar-refractivity contribution in [2.45, 2.75) is 69.6 Å². The zero-order valence-corrected chi connectivity index (χ0v) is 22.1. The number of aliphatic hydroxyl groups is 1. The monoisotopic (exact) mass is 545 g/mol. The summed E-state index contributed by atoms with van der Waals surface area (Å²) in [6.45, 7) is 8.84. The maximum Gasteiger partial charge on any atom is 0.231 e. The van der Waals surface area contributed by atoms with E-state index < -0.39 is 12.0 Å². The highest BCUT2D eigenvalue weighted by Gasteiger charge is 2.41. The summed E-state index contributed by atoms with van der Waals surface area (Å²) in [5.74, 6) is 0.320. The molecule has 1 unspecified atom stereocenters. The smallest absolute Gasteiger partial charge is 0.231 e. The molecule has 0 bridgehead atoms. The molecule has 188 valence electrons. The second-order valence-electron chi connectivity index (χ2n) is 10.8. The van der Waals surface area contributed by atoms with E-state index in [2.05, 4.69) is 56.9 Å². The third-order valence-electron chi connectivity index (χ3n) is 7.80. The summed E-state index contributed by atoms with van der Waals surface area (Å²) < 4.78 is 14.9. The Hall–Kier alpha value is -2.10. The van der Waals surface area contributed by atoms with Crippen molar-refractivity contribution in [1.29, 1.82) is 0 Å². The highest BCUT2D eigenvalue weighted by Crippen LogP contribution is 2.43. The Kier molecular flexibility index (Phi) is 6.61. The van der Waals surface area contributed by atoms with Crippen LogP contribution in [0, 0.1) is 5.82 Å². The lowest BCUT2D eigenvalue weighted by Crippen LogP contribution is -2.53. The molecule has 2 saturated heterocycles. The van der Waals surface area contributed by atoms with Crippen molar-refractivity contribution in [1.82, 2.24) is 20.2 Å². The van der Waals surface area contributed by atoms with Crippen molar-refractivity contribution >= 4 is 27.7 Å². The highest BCUT2D eigenvalue weighted by molar-refractivity contribution is 9.10. The van der Waals surface area contributed by atoms with E-state index in [-0.39, 0.29) is 29.2 Å². The Morgan fingerprint density at radius 3 is 2.66 bits per heavy atom. The number of amides is 1. The Morgan fingerprint density at radius 1 is 1.26 bits per heavy atom. The van der Waals surface area contributed by atoms with Gasteiger partial charge in [0.2, 0.25) is 5.91 Å². The van der Waals surface area contributed by atoms with Gasteiger partial charge in [0, 0.05) is 43.3 Å². The van der Waals surface area contributed by atoms with Gasteiger partial charge >= 0.3 is 0 Å². The molecule has 0 saturated carbocycles. The minimum atomic E-state index is -0.542. The van der Waals surface area contributed by atoms with Gasteiger partial charge in [-0.25, -0.2) is 14.4 Å². The Morgan fingerprint density at radius 2 is 2.00 bits per heavy atom. The summed E-state index contributed by atoms with van der Waals surface area (Å²) in [7, 11) is 0. The molecule has 3 heterocycles. The number of hydrogen-bond acceptors (Lipinski definition) is 6. The van der Waals surface area contributed by atoms with E-state index in [0.29, 0.717) is 42.6 Å². The molecule has 1 aromatic heterocycles. The van der Waals surface area contributed by atoms with Crippen LogP contribution in [0.25, 0.3) is 0 Å². The maximum absolute atomic E-state index is 14.5. The molecule has 2 N–H and O–H groups in total. The van der Waals surface area contributed by atoms with E-state index in [1.807, 2.05) is 11.0 Å². The summed E-state index contributed by atoms with van der Waals surface area (Å²) in [5, 5.41) is 14.0. The van der Waals surface area contributed by atoms with Gasteiger partial charge in [-0.1, -0.05) is 13.0 Å². The van der Waals surface area contributed by atoms with Crippen LogP contribution in [0.4, 0.5) is 10.2 Å². The first-order valence-electron chi connectivity index (χ1n) is 12.4. The van der Waals surface area contributed by atoms with Gasteiger partial charge in [0.1, 0.15) is 18.0 Å². The van der Waals surface area contributed by atoms with Gasteiger partial charge in [0.15, 0.2) is 0 Å². The molecule has 0 spiro atoms. The molecular formula is C26H33BrFN5O2. The summed E-state index contributed by atoms with van der Waals surface area (Å²) in [5.41, 5.74) is 2.42. The van der Waals surface area contributed by atoms with Gasteiger partial charge in [-0.2, -0.15) is 0 Å². The number of halogens is 2. The molecule has 1 amide bonds. The van der Waals surface area contributed by atoms with Crippen LogP contribution in [-0.4, -0.2) is 63.6 Å². The van der Waals surface area contributed by atoms with E-state index in [1.54, 1.807) is 6.07 Å². The normalized spacial score (nSPS) is 26.6. The molecule has 1 aromatic carbocycles. The number of nitrogens with zero attached hydrogens (tertiary/aromatic N) is 4. The van der Waals surface area contributed by atoms with E-state index in [4.69, 9.17) is 0 Å². The second kappa shape index (κ2) is 9.41. The maximum atomic E-state index is 14.5. The fourth-order valence-corrected chi connectivity index (χ4v) is 6.20. The van der Waals surface area contributed by atoms with Crippen molar-refractivity contribution in [2.75, 3.05) is 31.1 Å². The van der Waals surface area contributed by atoms with Gasteiger partial charge in [-0.15, -0.1) is 0 Å². The largest absolute Gasteiger partial charge is 0.387 e. The van der Waals surface area contributed by atoms with Crippen molar-refractivity contribution in [3.63, 3.8) is 0 Å². The SMILES string of the molecule is C[C@@H]1C[C@@H](O)c2ncnc(N3CCN(C(=O)C(c4ccc(Br)c(F)c4)[C@@H]4CCC(C)(C)N4)CC3)c21. The fraction of sp³-hybridized carbons (Fsp3) is 0.577. The van der Waals surface area contributed by atoms with Crippen LogP contribution < -0.4 is 10.2 Å². The van der Waals surface area contributed by atoms with Gasteiger partial charge in [-0.3, -0.25) is 4.79 Å². The van der Waals surface area contributed by atoms with Crippen LogP contribution in [0.3, 0.4) is 0 Å². The van der Waals surface area contributed by atoms with Gasteiger partial charge < -0.3 is 20.2 Å². The van der Waals surface area contributed by atoms with Gasteiger partial charge in [-0.05, 0) is 72.7 Å². The minimum Gasteiger partial charge on any atom is -0.387 e. The van der Waals surface area contributed by atoms with Crippen LogP contribution in [0.2, 0.25) is 0 Å². The standard InChI is InChI=1S/C26H33BrFN5O2/c1-15-12-20(34)23-21(15)24(30-14-29-23)32-8-10-33(11-9-32)25(35)22(19-6-7-26(2,3)31-19)16-4-5-17(27)18(28)13-16/h4-5,13-15,19-20,22,31,34H,6-12H2,1-3H3/t15-,19+,20-,22?/m1/s1. The van der Waals surface area contributed by atoms with E-state index >= 15 is 0 Å². The number of carbonyl (C=O) groups excluding carboxylic acids is 1. The summed E-state index contributed by atoms with van der Waals surface area (Å²) in [4.78, 5) is 26.9. The average Bonchev–Trinajstić information content (AvgIpc) is 3.34. The fourth-order valence-electron chi connectivity index (χ4n) is 5.95. The first kappa shape index (κ1) is 24.6. The van der Waals surface area contributed by atoms with Crippen molar-refractivity contribution < 1.29 is 14.3 Å². The number of carbonyl (C=O) groups is 1. The van der Waals surface area contributed by atoms with E-state index in [9.17, 15) is 14.3 Å². The minimum absolute atomic E-state index is 0.0384. The van der Waals surface area contributed by atoms with Crippen molar-refractivity contribution in [3.8, 4) is 0 Å². The first-order valence-corrected chi connectivity index (χ1v) is 13.2. The number of fused-ring (bicyclic) bond motifs is 1. The molecule has 0 radical (unpaired) electrons. The van der Waals surface area contributed by atoms with Gasteiger partial charge in [0.25, 0.3) is 0 Å². The second-order valence-corrected chi connectivity index (χ2v) is 11.6. The van der Waals surface area contributed by atoms with Crippen LogP contribution in [-0.2, 0) is 4.79 Å². The molecule has 2 aliphatic heterocycles. The number of nitrogens with one attached hydrogen (secondary N) is 1. The number of rotatable bonds is 4. The molecule has 7 nitrogen and oxygen atoms in total. The molecule has 2 fully saturated rings. The highest BCUT2D eigenvalue weighted by atomic mass is 79.9. The molecule has 2 aromatic rings. The van der Waals surface area contributed by atoms with Gasteiger partial charge in [0.05, 0.1) is 22.2 Å². The van der Waals surface area contributed by atoms with Crippen molar-refractivity contribution in [2.24, 2.45) is 0 Å². The summed E-state index contributed by atoms with van der Waals surface area (Å²) in [6, 6.07) is 5.00. The van der Waals surface area contributed by atoms with E-state index in [0.717, 1.165) is 29.9 Å². The van der Waals surface area contributed by atoms with Crippen molar-refractivity contribution in [3.05, 3.63) is 51.6 Å². The third-order valence-corrected chi connectivity index (χ3v) is 8.44. The molecule has 3 aliphatic rings. The Balaban J connectivity index is 1.35. The zero-order valence-electron chi connectivity index (χ0n) is 20.5. The molecule has 4 atom stereocenters. The van der Waals surface area contributed by atoms with Crippen LogP contribution in [0.15, 0.2) is 29.0 Å². The topological polar surface area (TPSA) is 81.6 Å². The zero-order chi connectivity index (χ0) is 24.9. The Labute approximate surface area is 214 Å². The first-order chi connectivity index (χ1) is 16.6. The molecular weight excluding hydrogens is 513 g/mol. The molecule has 9 heteroatoms. The number of anilines is 1. The van der Waals surface area contributed by atoms with Crippen LogP contribution >= 0.6 is 15.9 Å². The number of piperazine rings is 1. The molecule has 5 rings (SSSR count). The average molecular weight is 546 g/mol. The lowest BCUT2D eigenvalue weighted by molar-refractivity contribution is -0.133. The molecule has 35 heavy (non-hydrogen) atoms. The third kappa shape index (κ3) is 4.70. The Bertz CT molecular complexity index is 1120. The lowest BCUT2D eigenvalue weighted by atomic mass is 9.88. The summed E-state index contributed by atoms with van der Waals surface area (Å²) >= 11 is 3.23. The number of hydrogen-bond donors (Lipinski definition) is 2.